The van der Waals surface area contributed by atoms with Gasteiger partial charge in [-0.3, -0.25) is 4.79 Å². The molecule has 3 heteroatoms. The van der Waals surface area contributed by atoms with Crippen LogP contribution in [0.3, 0.4) is 0 Å². The second-order valence-corrected chi connectivity index (χ2v) is 5.24. The van der Waals surface area contributed by atoms with Crippen molar-refractivity contribution in [3.05, 3.63) is 47.0 Å². The van der Waals surface area contributed by atoms with E-state index in [9.17, 15) is 9.59 Å². The van der Waals surface area contributed by atoms with E-state index in [4.69, 9.17) is 4.74 Å². The van der Waals surface area contributed by atoms with E-state index >= 15 is 0 Å². The Kier molecular flexibility index (Phi) is 7.44. The van der Waals surface area contributed by atoms with Gasteiger partial charge in [-0.25, -0.2) is 4.79 Å². The normalized spacial score (nSPS) is 10.8. The molecule has 0 saturated heterocycles. The predicted molar refractivity (Wildman–Crippen MR) is 84.5 cm³/mol. The van der Waals surface area contributed by atoms with E-state index in [0.717, 1.165) is 36.8 Å². The maximum atomic E-state index is 12.0. The van der Waals surface area contributed by atoms with Gasteiger partial charge in [0.2, 0.25) is 0 Å². The zero-order valence-electron chi connectivity index (χ0n) is 13.1. The molecule has 0 aliphatic carbocycles. The van der Waals surface area contributed by atoms with Crippen LogP contribution < -0.4 is 0 Å². The van der Waals surface area contributed by atoms with Gasteiger partial charge < -0.3 is 4.74 Å². The monoisotopic (exact) mass is 288 g/mol. The highest BCUT2D eigenvalue weighted by Crippen LogP contribution is 2.12. The van der Waals surface area contributed by atoms with Crippen LogP contribution in [0.4, 0.5) is 0 Å². The molecule has 0 atom stereocenters. The zero-order chi connectivity index (χ0) is 15.7. The molecule has 0 unspecified atom stereocenters. The number of rotatable bonds is 8. The Balaban J connectivity index is 2.46. The molecule has 114 valence electrons. The molecule has 0 aromatic heterocycles. The molecule has 0 amide bonds. The minimum absolute atomic E-state index is 0.167. The van der Waals surface area contributed by atoms with Gasteiger partial charge in [0.25, 0.3) is 0 Å². The zero-order valence-corrected chi connectivity index (χ0v) is 13.1. The first-order chi connectivity index (χ1) is 10.0. The van der Waals surface area contributed by atoms with Gasteiger partial charge >= 0.3 is 5.97 Å². The number of hydrogen-bond donors (Lipinski definition) is 0. The van der Waals surface area contributed by atoms with Gasteiger partial charge in [0.05, 0.1) is 6.61 Å². The summed E-state index contributed by atoms with van der Waals surface area (Å²) in [7, 11) is 0. The Morgan fingerprint density at radius 2 is 1.86 bits per heavy atom. The fourth-order valence-corrected chi connectivity index (χ4v) is 1.98. The molecule has 1 rings (SSSR count). The maximum absolute atomic E-state index is 12.0. The van der Waals surface area contributed by atoms with Crippen molar-refractivity contribution in [1.29, 1.82) is 0 Å². The molecular weight excluding hydrogens is 264 g/mol. The van der Waals surface area contributed by atoms with Crippen LogP contribution in [0.1, 0.15) is 54.1 Å². The fourth-order valence-electron chi connectivity index (χ4n) is 1.98. The largest absolute Gasteiger partial charge is 0.463 e. The number of carbonyl (C=O) groups excluding carboxylic acids is 2. The number of unbranched alkanes of at least 4 members (excludes halogenated alkanes) is 3. The van der Waals surface area contributed by atoms with E-state index in [0.29, 0.717) is 12.2 Å². The van der Waals surface area contributed by atoms with Crippen LogP contribution in [-0.4, -0.2) is 18.4 Å². The summed E-state index contributed by atoms with van der Waals surface area (Å²) in [5.41, 5.74) is 2.56. The molecule has 1 aromatic rings. The fraction of sp³-hybridized carbons (Fsp3) is 0.444. The van der Waals surface area contributed by atoms with E-state index < -0.39 is 5.97 Å². The number of aryl methyl sites for hydroxylation is 2. The highest BCUT2D eigenvalue weighted by Gasteiger charge is 2.07. The molecule has 0 fully saturated rings. The van der Waals surface area contributed by atoms with Crippen LogP contribution in [0, 0.1) is 13.8 Å². The van der Waals surface area contributed by atoms with Crippen molar-refractivity contribution in [2.75, 3.05) is 6.61 Å². The van der Waals surface area contributed by atoms with Gasteiger partial charge in [-0.2, -0.15) is 0 Å². The van der Waals surface area contributed by atoms with E-state index in [2.05, 4.69) is 6.92 Å². The lowest BCUT2D eigenvalue weighted by Gasteiger charge is -2.03. The van der Waals surface area contributed by atoms with E-state index in [1.807, 2.05) is 32.0 Å². The summed E-state index contributed by atoms with van der Waals surface area (Å²) in [4.78, 5) is 23.5. The molecular formula is C18H24O3. The number of carbonyl (C=O) groups is 2. The number of ketones is 1. The van der Waals surface area contributed by atoms with Gasteiger partial charge in [-0.05, 0) is 38.0 Å². The van der Waals surface area contributed by atoms with Gasteiger partial charge in [-0.1, -0.05) is 43.9 Å². The third-order valence-corrected chi connectivity index (χ3v) is 3.27. The Morgan fingerprint density at radius 1 is 1.10 bits per heavy atom. The first-order valence-corrected chi connectivity index (χ1v) is 7.51. The molecule has 0 N–H and O–H groups in total. The van der Waals surface area contributed by atoms with E-state index in [-0.39, 0.29) is 5.78 Å². The van der Waals surface area contributed by atoms with E-state index in [1.54, 1.807) is 0 Å². The number of allylic oxidation sites excluding steroid dienone is 1. The van der Waals surface area contributed by atoms with Crippen LogP contribution >= 0.6 is 0 Å². The molecule has 0 saturated carbocycles. The highest BCUT2D eigenvalue weighted by atomic mass is 16.5. The third kappa shape index (κ3) is 6.39. The Hall–Kier alpha value is -1.90. The van der Waals surface area contributed by atoms with Crippen molar-refractivity contribution in [2.24, 2.45) is 0 Å². The molecule has 0 radical (unpaired) electrons. The van der Waals surface area contributed by atoms with Gasteiger partial charge in [0, 0.05) is 11.6 Å². The lowest BCUT2D eigenvalue weighted by Crippen LogP contribution is -2.04. The van der Waals surface area contributed by atoms with Crippen molar-refractivity contribution in [3.63, 3.8) is 0 Å². The second kappa shape index (κ2) is 9.11. The molecule has 0 heterocycles. The summed E-state index contributed by atoms with van der Waals surface area (Å²) in [6.45, 7) is 6.37. The lowest BCUT2D eigenvalue weighted by molar-refractivity contribution is -0.137. The molecule has 3 nitrogen and oxygen atoms in total. The van der Waals surface area contributed by atoms with Crippen LogP contribution in [0.5, 0.6) is 0 Å². The number of hydrogen-bond acceptors (Lipinski definition) is 3. The van der Waals surface area contributed by atoms with Crippen molar-refractivity contribution in [2.45, 2.75) is 46.5 Å². The standard InChI is InChI=1S/C18H24O3/c1-4-5-6-7-12-21-18(20)11-10-17(19)16-13-14(2)8-9-15(16)3/h8-11,13H,4-7,12H2,1-3H3. The summed E-state index contributed by atoms with van der Waals surface area (Å²) < 4.78 is 5.05. The molecule has 0 spiro atoms. The second-order valence-electron chi connectivity index (χ2n) is 5.24. The van der Waals surface area contributed by atoms with Crippen LogP contribution in [0.25, 0.3) is 0 Å². The Labute approximate surface area is 127 Å². The Morgan fingerprint density at radius 3 is 2.57 bits per heavy atom. The average Bonchev–Trinajstić information content (AvgIpc) is 2.47. The number of benzene rings is 1. The van der Waals surface area contributed by atoms with E-state index in [1.165, 1.54) is 12.2 Å². The van der Waals surface area contributed by atoms with Crippen molar-refractivity contribution in [1.82, 2.24) is 0 Å². The summed E-state index contributed by atoms with van der Waals surface area (Å²) in [6.07, 6.45) is 6.74. The summed E-state index contributed by atoms with van der Waals surface area (Å²) in [5, 5.41) is 0. The quantitative estimate of drug-likeness (QED) is 0.312. The number of ether oxygens (including phenoxy) is 1. The smallest absolute Gasteiger partial charge is 0.330 e. The van der Waals surface area contributed by atoms with Crippen LogP contribution in [0.2, 0.25) is 0 Å². The molecule has 0 bridgehead atoms. The maximum Gasteiger partial charge on any atom is 0.330 e. The highest BCUT2D eigenvalue weighted by molar-refractivity contribution is 6.07. The van der Waals surface area contributed by atoms with Crippen LogP contribution in [0.15, 0.2) is 30.4 Å². The van der Waals surface area contributed by atoms with Crippen molar-refractivity contribution < 1.29 is 14.3 Å². The average molecular weight is 288 g/mol. The first kappa shape index (κ1) is 17.2. The molecule has 0 aliphatic heterocycles. The van der Waals surface area contributed by atoms with Crippen LogP contribution in [-0.2, 0) is 9.53 Å². The SMILES string of the molecule is CCCCCCOC(=O)C=CC(=O)c1cc(C)ccc1C. The minimum Gasteiger partial charge on any atom is -0.463 e. The molecule has 0 aliphatic rings. The van der Waals surface area contributed by atoms with Gasteiger partial charge in [0.1, 0.15) is 0 Å². The third-order valence-electron chi connectivity index (χ3n) is 3.27. The van der Waals surface area contributed by atoms with Crippen molar-refractivity contribution >= 4 is 11.8 Å². The van der Waals surface area contributed by atoms with Gasteiger partial charge in [-0.15, -0.1) is 0 Å². The molecule has 1 aromatic carbocycles. The lowest BCUT2D eigenvalue weighted by atomic mass is 10.0. The summed E-state index contributed by atoms with van der Waals surface area (Å²) in [6, 6.07) is 5.70. The summed E-state index contributed by atoms with van der Waals surface area (Å²) >= 11 is 0. The number of esters is 1. The topological polar surface area (TPSA) is 43.4 Å². The predicted octanol–water partition coefficient (Wildman–Crippen LogP) is 4.17. The first-order valence-electron chi connectivity index (χ1n) is 7.51. The summed E-state index contributed by atoms with van der Waals surface area (Å²) in [5.74, 6) is -0.621. The Bertz CT molecular complexity index is 515. The van der Waals surface area contributed by atoms with Gasteiger partial charge in [0.15, 0.2) is 5.78 Å². The minimum atomic E-state index is -0.454. The van der Waals surface area contributed by atoms with Crippen molar-refractivity contribution in [3.8, 4) is 0 Å². The molecule has 21 heavy (non-hydrogen) atoms.